The van der Waals surface area contributed by atoms with Gasteiger partial charge in [0.05, 0.1) is 17.2 Å². The van der Waals surface area contributed by atoms with Crippen molar-refractivity contribution >= 4 is 34.6 Å². The van der Waals surface area contributed by atoms with Crippen molar-refractivity contribution in [1.82, 2.24) is 5.32 Å². The van der Waals surface area contributed by atoms with Crippen molar-refractivity contribution in [2.45, 2.75) is 13.8 Å². The van der Waals surface area contributed by atoms with Gasteiger partial charge in [-0.25, -0.2) is 9.38 Å². The number of hydrogen-bond donors (Lipinski definition) is 1. The van der Waals surface area contributed by atoms with Crippen LogP contribution in [0.25, 0.3) is 6.08 Å². The molecule has 26 heavy (non-hydrogen) atoms. The second-order valence-electron chi connectivity index (χ2n) is 6.23. The third kappa shape index (κ3) is 4.95. The summed E-state index contributed by atoms with van der Waals surface area (Å²) in [6.45, 7) is 4.86. The number of aliphatic imine (C=N–C) groups is 1. The van der Waals surface area contributed by atoms with E-state index >= 15 is 0 Å². The number of carbonyl (C=O) groups is 1. The molecule has 0 aromatic heterocycles. The van der Waals surface area contributed by atoms with Crippen LogP contribution in [0.2, 0.25) is 0 Å². The van der Waals surface area contributed by atoms with Crippen LogP contribution in [0.4, 0.5) is 10.1 Å². The molecule has 1 N–H and O–H groups in total. The van der Waals surface area contributed by atoms with Crippen LogP contribution in [-0.4, -0.2) is 17.7 Å². The van der Waals surface area contributed by atoms with E-state index in [4.69, 9.17) is 4.74 Å². The molecule has 1 aliphatic rings. The van der Waals surface area contributed by atoms with Crippen molar-refractivity contribution < 1.29 is 13.9 Å². The van der Waals surface area contributed by atoms with Gasteiger partial charge in [0.25, 0.3) is 5.91 Å². The number of ether oxygens (including phenoxy) is 1. The van der Waals surface area contributed by atoms with Crippen LogP contribution < -0.4 is 10.1 Å². The predicted molar refractivity (Wildman–Crippen MR) is 104 cm³/mol. The van der Waals surface area contributed by atoms with Crippen LogP contribution in [0.15, 0.2) is 58.4 Å². The largest absolute Gasteiger partial charge is 0.493 e. The van der Waals surface area contributed by atoms with Gasteiger partial charge in [0, 0.05) is 0 Å². The lowest BCUT2D eigenvalue weighted by Gasteiger charge is -2.08. The number of amidine groups is 1. The fraction of sp³-hybridized carbons (Fsp3) is 0.200. The van der Waals surface area contributed by atoms with Crippen molar-refractivity contribution in [2.75, 3.05) is 6.61 Å². The molecule has 0 saturated carbocycles. The van der Waals surface area contributed by atoms with Gasteiger partial charge in [0.2, 0.25) is 0 Å². The number of benzene rings is 2. The molecule has 0 bridgehead atoms. The zero-order chi connectivity index (χ0) is 18.5. The molecule has 0 radical (unpaired) electrons. The molecule has 0 aliphatic carbocycles. The molecule has 2 aromatic rings. The first kappa shape index (κ1) is 18.2. The first-order valence-corrected chi connectivity index (χ1v) is 9.09. The van der Waals surface area contributed by atoms with Crippen LogP contribution in [-0.2, 0) is 4.79 Å². The number of nitrogens with zero attached hydrogens (tertiary/aromatic N) is 1. The van der Waals surface area contributed by atoms with Gasteiger partial charge in [0.15, 0.2) is 5.17 Å². The molecule has 0 spiro atoms. The molecule has 134 valence electrons. The Hall–Kier alpha value is -2.60. The van der Waals surface area contributed by atoms with Gasteiger partial charge in [-0.05, 0) is 65.7 Å². The molecular formula is C20H19FN2O2S. The van der Waals surface area contributed by atoms with Gasteiger partial charge < -0.3 is 10.1 Å². The summed E-state index contributed by atoms with van der Waals surface area (Å²) >= 11 is 1.26. The summed E-state index contributed by atoms with van der Waals surface area (Å²) in [4.78, 5) is 17.0. The lowest BCUT2D eigenvalue weighted by atomic mass is 10.2. The molecule has 1 aliphatic heterocycles. The van der Waals surface area contributed by atoms with E-state index < -0.39 is 0 Å². The van der Waals surface area contributed by atoms with Crippen molar-refractivity contribution in [3.8, 4) is 5.75 Å². The highest BCUT2D eigenvalue weighted by Crippen LogP contribution is 2.28. The fourth-order valence-corrected chi connectivity index (χ4v) is 3.03. The quantitative estimate of drug-likeness (QED) is 0.773. The maximum absolute atomic E-state index is 12.9. The van der Waals surface area contributed by atoms with Crippen LogP contribution in [0.1, 0.15) is 19.4 Å². The average molecular weight is 370 g/mol. The highest BCUT2D eigenvalue weighted by molar-refractivity contribution is 8.18. The Kier molecular flexibility index (Phi) is 5.73. The van der Waals surface area contributed by atoms with Crippen molar-refractivity contribution in [3.05, 3.63) is 64.8 Å². The highest BCUT2D eigenvalue weighted by Gasteiger charge is 2.23. The SMILES string of the molecule is CC(C)COc1ccc(/C=C2/SC(=Nc3ccc(F)cc3)NC2=O)cc1. The van der Waals surface area contributed by atoms with E-state index in [0.717, 1.165) is 11.3 Å². The molecule has 0 unspecified atom stereocenters. The van der Waals surface area contributed by atoms with Crippen molar-refractivity contribution in [3.63, 3.8) is 0 Å². The zero-order valence-corrected chi connectivity index (χ0v) is 15.3. The molecular weight excluding hydrogens is 351 g/mol. The number of halogens is 1. The number of rotatable bonds is 5. The lowest BCUT2D eigenvalue weighted by molar-refractivity contribution is -0.115. The van der Waals surface area contributed by atoms with E-state index in [9.17, 15) is 9.18 Å². The summed E-state index contributed by atoms with van der Waals surface area (Å²) in [7, 11) is 0. The summed E-state index contributed by atoms with van der Waals surface area (Å²) < 4.78 is 18.6. The second kappa shape index (κ2) is 8.19. The lowest BCUT2D eigenvalue weighted by Crippen LogP contribution is -2.19. The number of thioether (sulfide) groups is 1. The van der Waals surface area contributed by atoms with E-state index in [1.54, 1.807) is 18.2 Å². The first-order valence-electron chi connectivity index (χ1n) is 8.27. The van der Waals surface area contributed by atoms with Gasteiger partial charge in [0.1, 0.15) is 11.6 Å². The van der Waals surface area contributed by atoms with E-state index in [0.29, 0.717) is 28.3 Å². The van der Waals surface area contributed by atoms with Gasteiger partial charge in [-0.2, -0.15) is 0 Å². The molecule has 6 heteroatoms. The molecule has 1 heterocycles. The molecule has 4 nitrogen and oxygen atoms in total. The van der Waals surface area contributed by atoms with E-state index in [2.05, 4.69) is 24.2 Å². The molecule has 1 fully saturated rings. The Morgan fingerprint density at radius 3 is 2.50 bits per heavy atom. The zero-order valence-electron chi connectivity index (χ0n) is 14.5. The number of hydrogen-bond acceptors (Lipinski definition) is 4. The van der Waals surface area contributed by atoms with Gasteiger partial charge in [-0.1, -0.05) is 26.0 Å². The maximum Gasteiger partial charge on any atom is 0.264 e. The summed E-state index contributed by atoms with van der Waals surface area (Å²) in [5, 5.41) is 3.20. The molecule has 2 aromatic carbocycles. The number of amides is 1. The molecule has 1 amide bonds. The Morgan fingerprint density at radius 2 is 1.85 bits per heavy atom. The van der Waals surface area contributed by atoms with Crippen LogP contribution in [0.5, 0.6) is 5.75 Å². The van der Waals surface area contributed by atoms with Crippen LogP contribution in [0, 0.1) is 11.7 Å². The molecule has 0 atom stereocenters. The van der Waals surface area contributed by atoms with Crippen LogP contribution in [0.3, 0.4) is 0 Å². The normalized spacial score (nSPS) is 17.2. The third-order valence-electron chi connectivity index (χ3n) is 3.47. The summed E-state index contributed by atoms with van der Waals surface area (Å²) in [6, 6.07) is 13.4. The predicted octanol–water partition coefficient (Wildman–Crippen LogP) is 4.75. The Morgan fingerprint density at radius 1 is 1.15 bits per heavy atom. The topological polar surface area (TPSA) is 50.7 Å². The Labute approximate surface area is 156 Å². The van der Waals surface area contributed by atoms with Crippen LogP contribution >= 0.6 is 11.8 Å². The first-order chi connectivity index (χ1) is 12.5. The standard InChI is InChI=1S/C20H19FN2O2S/c1-13(2)12-25-17-9-3-14(4-10-17)11-18-19(24)23-20(26-18)22-16-7-5-15(21)6-8-16/h3-11,13H,12H2,1-2H3,(H,22,23,24)/b18-11+. The maximum atomic E-state index is 12.9. The van der Waals surface area contributed by atoms with Crippen molar-refractivity contribution in [1.29, 1.82) is 0 Å². The minimum absolute atomic E-state index is 0.198. The Bertz CT molecular complexity index is 843. The molecule has 3 rings (SSSR count). The number of nitrogens with one attached hydrogen (secondary N) is 1. The van der Waals surface area contributed by atoms with Gasteiger partial charge in [-0.3, -0.25) is 4.79 Å². The monoisotopic (exact) mass is 370 g/mol. The minimum atomic E-state index is -0.321. The second-order valence-corrected chi connectivity index (χ2v) is 7.26. The molecule has 1 saturated heterocycles. The summed E-state index contributed by atoms with van der Waals surface area (Å²) in [5.74, 6) is 0.756. The highest BCUT2D eigenvalue weighted by atomic mass is 32.2. The van der Waals surface area contributed by atoms with Gasteiger partial charge >= 0.3 is 0 Å². The van der Waals surface area contributed by atoms with E-state index in [-0.39, 0.29) is 11.7 Å². The fourth-order valence-electron chi connectivity index (χ4n) is 2.19. The number of carbonyl (C=O) groups excluding carboxylic acids is 1. The van der Waals surface area contributed by atoms with E-state index in [1.807, 2.05) is 24.3 Å². The third-order valence-corrected chi connectivity index (χ3v) is 4.38. The minimum Gasteiger partial charge on any atom is -0.493 e. The summed E-state index contributed by atoms with van der Waals surface area (Å²) in [6.07, 6.45) is 1.80. The summed E-state index contributed by atoms with van der Waals surface area (Å²) in [5.41, 5.74) is 1.49. The van der Waals surface area contributed by atoms with Gasteiger partial charge in [-0.15, -0.1) is 0 Å². The van der Waals surface area contributed by atoms with E-state index in [1.165, 1.54) is 23.9 Å². The van der Waals surface area contributed by atoms with Crippen molar-refractivity contribution in [2.24, 2.45) is 10.9 Å². The smallest absolute Gasteiger partial charge is 0.264 e. The Balaban J connectivity index is 1.69. The average Bonchev–Trinajstić information content (AvgIpc) is 2.95.